The number of pyridine rings is 2. The Balaban J connectivity index is 0.856. The second-order valence-electron chi connectivity index (χ2n) is 19.6. The maximum Gasteiger partial charge on any atom is 0.421 e. The molecule has 1 aliphatic carbocycles. The number of rotatable bonds is 23. The molecule has 0 saturated carbocycles. The molecule has 5 heterocycles. The third-order valence-corrected chi connectivity index (χ3v) is 14.5. The van der Waals surface area contributed by atoms with E-state index < -0.39 is 134 Å². The summed E-state index contributed by atoms with van der Waals surface area (Å²) in [6.07, 6.45) is -5.14. The van der Waals surface area contributed by atoms with Gasteiger partial charge in [-0.15, -0.1) is 0 Å². The number of hydrogen-bond acceptors (Lipinski definition) is 14. The third kappa shape index (κ3) is 12.4. The van der Waals surface area contributed by atoms with Gasteiger partial charge in [-0.2, -0.15) is 13.2 Å². The van der Waals surface area contributed by atoms with E-state index in [1.165, 1.54) is 35.8 Å². The molecule has 0 radical (unpaired) electrons. The lowest BCUT2D eigenvalue weighted by Gasteiger charge is -2.31. The minimum atomic E-state index is -5.27. The number of ether oxygens (including phenoxy) is 2. The first-order valence-corrected chi connectivity index (χ1v) is 25.6. The highest BCUT2D eigenvalue weighted by Gasteiger charge is 2.48. The van der Waals surface area contributed by atoms with Crippen LogP contribution in [-0.2, 0) is 84.2 Å². The van der Waals surface area contributed by atoms with Gasteiger partial charge in [0.05, 0.1) is 48.6 Å². The lowest BCUT2D eigenvalue weighted by Crippen LogP contribution is -2.52. The number of alkyl halides is 3. The number of carbonyl (C=O) groups excluding carboxylic acids is 9. The van der Waals surface area contributed by atoms with E-state index in [1.54, 1.807) is 37.3 Å². The summed E-state index contributed by atoms with van der Waals surface area (Å²) >= 11 is 0. The highest BCUT2D eigenvalue weighted by molar-refractivity contribution is 6.12. The SMILES string of the molecule is CC[C@@]1(O)C(=O)OCc2c1cc1n(c2=O)Cc2c-1nc1cc(F)c(C)c3c1c2[C@@H](CC(=O)C(OCNC(=O)CNC(=O)[C@H](Cc1ccccc1)NC(=O)CNC(=O)CNC(=O)CCCCCN1C(=O)C=CC1=O)C(F)(F)F)CC3. The average molecular weight is 1100 g/mol. The number of amides is 7. The second kappa shape index (κ2) is 23.8. The smallest absolute Gasteiger partial charge is 0.421 e. The van der Waals surface area contributed by atoms with Crippen molar-refractivity contribution in [3.63, 3.8) is 0 Å². The van der Waals surface area contributed by atoms with Gasteiger partial charge in [0.15, 0.2) is 11.4 Å². The highest BCUT2D eigenvalue weighted by atomic mass is 19.4. The number of unbranched alkanes of at least 4 members (excludes halogenated alkanes) is 2. The summed E-state index contributed by atoms with van der Waals surface area (Å²) in [5.41, 5.74) is -0.0680. The standard InChI is InChI=1S/C54H56F4N8O13/c1-3-53(77)34-20-38-48-32(25-66(38)51(75)33(34)26-78-52(53)76)46-30(13-14-31-28(2)35(55)21-36(64-48)47(31)46)19-39(67)49(54(56,57)58)79-27-62-42(70)23-61-50(74)37(18-29-10-6-4-7-11-29)63-43(71)24-60-41(69)22-59-40(68)12-8-5-9-17-65-44(72)15-16-45(65)73/h4,6-7,10-11,15-16,20-21,30,37,49,77H,3,5,8-9,12-14,17-19,22-27H2,1-2H3,(H,59,68)(H,60,69)(H,61,74)(H,62,70)(H,63,71)/t30-,37+,49?,53+/m1/s1. The van der Waals surface area contributed by atoms with Crippen LogP contribution < -0.4 is 32.1 Å². The molecule has 0 saturated heterocycles. The monoisotopic (exact) mass is 1100 g/mol. The van der Waals surface area contributed by atoms with Crippen LogP contribution in [0.2, 0.25) is 0 Å². The Morgan fingerprint density at radius 1 is 0.873 bits per heavy atom. The number of hydrogen-bond donors (Lipinski definition) is 6. The van der Waals surface area contributed by atoms with Crippen LogP contribution in [0.1, 0.15) is 96.7 Å². The third-order valence-electron chi connectivity index (χ3n) is 14.5. The molecule has 8 rings (SSSR count). The van der Waals surface area contributed by atoms with Crippen molar-refractivity contribution in [2.45, 2.75) is 115 Å². The Morgan fingerprint density at radius 3 is 2.27 bits per heavy atom. The normalized spacial score (nSPS) is 17.8. The number of esters is 1. The Bertz CT molecular complexity index is 3240. The first kappa shape index (κ1) is 57.0. The van der Waals surface area contributed by atoms with E-state index in [9.17, 15) is 66.2 Å². The van der Waals surface area contributed by atoms with Gasteiger partial charge >= 0.3 is 12.1 Å². The largest absolute Gasteiger partial charge is 0.458 e. The zero-order chi connectivity index (χ0) is 56.9. The van der Waals surface area contributed by atoms with Crippen LogP contribution in [0, 0.1) is 12.7 Å². The topological polar surface area (TPSA) is 291 Å². The van der Waals surface area contributed by atoms with Crippen LogP contribution in [0.5, 0.6) is 0 Å². The number of halogens is 4. The van der Waals surface area contributed by atoms with E-state index in [-0.39, 0.29) is 78.8 Å². The first-order chi connectivity index (χ1) is 37.6. The minimum Gasteiger partial charge on any atom is -0.458 e. The predicted molar refractivity (Wildman–Crippen MR) is 269 cm³/mol. The van der Waals surface area contributed by atoms with Gasteiger partial charge in [-0.05, 0) is 73.3 Å². The molecule has 4 atom stereocenters. The number of ketones is 1. The number of imide groups is 1. The molecule has 418 valence electrons. The van der Waals surface area contributed by atoms with E-state index in [0.717, 1.165) is 4.90 Å². The zero-order valence-electron chi connectivity index (χ0n) is 42.9. The molecule has 6 N–H and O–H groups in total. The summed E-state index contributed by atoms with van der Waals surface area (Å²) in [7, 11) is 0. The number of benzene rings is 2. The van der Waals surface area contributed by atoms with Gasteiger partial charge in [0, 0.05) is 60.5 Å². The van der Waals surface area contributed by atoms with Gasteiger partial charge in [0.2, 0.25) is 35.6 Å². The number of Topliss-reactive ketones (excluding diaryl/α,β-unsaturated/α-hetero) is 1. The molecule has 2 aromatic carbocycles. The Kier molecular flexibility index (Phi) is 17.2. The van der Waals surface area contributed by atoms with Crippen molar-refractivity contribution < 1.29 is 75.3 Å². The molecule has 25 heteroatoms. The van der Waals surface area contributed by atoms with Crippen LogP contribution in [-0.4, -0.2) is 124 Å². The molecule has 79 heavy (non-hydrogen) atoms. The Hall–Kier alpha value is -8.19. The van der Waals surface area contributed by atoms with Crippen LogP contribution in [0.15, 0.2) is 59.4 Å². The number of nitrogens with one attached hydrogen (secondary N) is 5. The number of carbonyl (C=O) groups is 9. The molecule has 0 fully saturated rings. The van der Waals surface area contributed by atoms with Crippen molar-refractivity contribution in [3.05, 3.63) is 110 Å². The van der Waals surface area contributed by atoms with E-state index in [0.29, 0.717) is 46.9 Å². The molecular weight excluding hydrogens is 1040 g/mol. The van der Waals surface area contributed by atoms with E-state index in [1.807, 2.05) is 0 Å². The van der Waals surface area contributed by atoms with Crippen molar-refractivity contribution in [3.8, 4) is 11.4 Å². The Labute approximate surface area is 447 Å². The fourth-order valence-corrected chi connectivity index (χ4v) is 10.3. The summed E-state index contributed by atoms with van der Waals surface area (Å²) < 4.78 is 71.0. The molecule has 7 amide bonds. The molecule has 0 bridgehead atoms. The van der Waals surface area contributed by atoms with Crippen molar-refractivity contribution in [2.75, 3.05) is 32.9 Å². The fourth-order valence-electron chi connectivity index (χ4n) is 10.3. The van der Waals surface area contributed by atoms with Crippen molar-refractivity contribution in [1.29, 1.82) is 0 Å². The molecule has 0 spiro atoms. The van der Waals surface area contributed by atoms with Crippen LogP contribution in [0.25, 0.3) is 22.3 Å². The van der Waals surface area contributed by atoms with Crippen molar-refractivity contribution in [2.24, 2.45) is 0 Å². The summed E-state index contributed by atoms with van der Waals surface area (Å²) in [6, 6.07) is 9.68. The van der Waals surface area contributed by atoms with Gasteiger partial charge in [0.1, 0.15) is 25.2 Å². The summed E-state index contributed by atoms with van der Waals surface area (Å²) in [6.45, 7) is -0.276. The summed E-state index contributed by atoms with van der Waals surface area (Å²) in [5, 5.41) is 23.4. The van der Waals surface area contributed by atoms with E-state index in [2.05, 4.69) is 26.6 Å². The molecule has 2 aromatic heterocycles. The molecule has 3 aliphatic heterocycles. The molecule has 4 aliphatic rings. The maximum atomic E-state index is 15.4. The number of fused-ring (bicyclic) bond motifs is 5. The number of aryl methyl sites for hydroxylation is 1. The van der Waals surface area contributed by atoms with Gasteiger partial charge < -0.3 is 45.7 Å². The minimum absolute atomic E-state index is 0.0146. The highest BCUT2D eigenvalue weighted by Crippen LogP contribution is 2.48. The van der Waals surface area contributed by atoms with Crippen molar-refractivity contribution in [1.82, 2.24) is 41.0 Å². The van der Waals surface area contributed by atoms with Gasteiger partial charge in [0.25, 0.3) is 17.4 Å². The van der Waals surface area contributed by atoms with Crippen LogP contribution in [0.4, 0.5) is 17.6 Å². The van der Waals surface area contributed by atoms with Gasteiger partial charge in [-0.1, -0.05) is 43.7 Å². The van der Waals surface area contributed by atoms with Gasteiger partial charge in [-0.25, -0.2) is 14.2 Å². The van der Waals surface area contributed by atoms with E-state index >= 15 is 4.39 Å². The predicted octanol–water partition coefficient (Wildman–Crippen LogP) is 2.10. The van der Waals surface area contributed by atoms with Crippen LogP contribution >= 0.6 is 0 Å². The first-order valence-electron chi connectivity index (χ1n) is 25.6. The van der Waals surface area contributed by atoms with Crippen molar-refractivity contribution >= 4 is 64.0 Å². The molecule has 1 unspecified atom stereocenters. The van der Waals surface area contributed by atoms with E-state index in [4.69, 9.17) is 14.5 Å². The molecule has 21 nitrogen and oxygen atoms in total. The number of cyclic esters (lactones) is 1. The Morgan fingerprint density at radius 2 is 1.56 bits per heavy atom. The van der Waals surface area contributed by atoms with Crippen LogP contribution in [0.3, 0.4) is 0 Å². The summed E-state index contributed by atoms with van der Waals surface area (Å²) in [4.78, 5) is 134. The average Bonchev–Trinajstić information content (AvgIpc) is 4.22. The zero-order valence-corrected chi connectivity index (χ0v) is 42.9. The fraction of sp³-hybridized carbons (Fsp3) is 0.426. The summed E-state index contributed by atoms with van der Waals surface area (Å²) in [5.74, 6) is -8.57. The quantitative estimate of drug-likeness (QED) is 0.0180. The lowest BCUT2D eigenvalue weighted by molar-refractivity contribution is -0.219. The number of aliphatic hydroxyl groups is 1. The molecule has 4 aromatic rings. The lowest BCUT2D eigenvalue weighted by atomic mass is 9.76. The van der Waals surface area contributed by atoms with Gasteiger partial charge in [-0.3, -0.25) is 48.1 Å². The number of aromatic nitrogens is 2. The maximum absolute atomic E-state index is 15.4. The second-order valence-corrected chi connectivity index (χ2v) is 19.6. The number of nitrogens with zero attached hydrogens (tertiary/aromatic N) is 3. The molecular formula is C54H56F4N8O13.